The second kappa shape index (κ2) is 45.9. The van der Waals surface area contributed by atoms with Crippen molar-refractivity contribution < 1.29 is 75.2 Å². The number of carboxylic acid groups (broad SMARTS) is 3. The Bertz CT molecular complexity index is 8620. The molecule has 0 spiro atoms. The van der Waals surface area contributed by atoms with Crippen LogP contribution in [0.25, 0.3) is 126 Å². The first-order chi connectivity index (χ1) is 67.3. The van der Waals surface area contributed by atoms with Gasteiger partial charge in [0.25, 0.3) is 27.8 Å². The van der Waals surface area contributed by atoms with Crippen molar-refractivity contribution >= 4 is 185 Å². The lowest BCUT2D eigenvalue weighted by Gasteiger charge is -2.02. The molecular weight excluding hydrogens is 1950 g/mol. The third kappa shape index (κ3) is 25.1. The first-order valence-electron chi connectivity index (χ1n) is 42.2. The zero-order chi connectivity index (χ0) is 99.5. The number of benzene rings is 8. The molecule has 3 N–H and O–H groups in total. The number of carbonyl (C=O) groups excluding carboxylic acids is 2. The lowest BCUT2D eigenvalue weighted by Crippen LogP contribution is -2.34. The number of esters is 2. The molecule has 10 heterocycles. The summed E-state index contributed by atoms with van der Waals surface area (Å²) >= 11 is 24.3. The van der Waals surface area contributed by atoms with Crippen LogP contribution in [0.3, 0.4) is 0 Å². The summed E-state index contributed by atoms with van der Waals surface area (Å²) < 4.78 is 64.5. The van der Waals surface area contributed by atoms with Gasteiger partial charge in [0.2, 0.25) is 0 Å². The molecule has 0 unspecified atom stereocenters. The number of hydrogen-bond acceptors (Lipinski definition) is 22. The van der Waals surface area contributed by atoms with Gasteiger partial charge in [0.15, 0.2) is 0 Å². The molecule has 18 rings (SSSR count). The van der Waals surface area contributed by atoms with E-state index in [1.807, 2.05) is 97.1 Å². The molecule has 0 aliphatic heterocycles. The lowest BCUT2D eigenvalue weighted by atomic mass is 10.1. The predicted molar refractivity (Wildman–Crippen MR) is 547 cm³/mol. The van der Waals surface area contributed by atoms with Gasteiger partial charge in [-0.3, -0.25) is 56.4 Å². The van der Waals surface area contributed by atoms with Crippen molar-refractivity contribution in [2.45, 2.75) is 40.0 Å². The summed E-state index contributed by atoms with van der Waals surface area (Å²) in [6, 6.07) is 75.0. The first-order valence-corrected chi connectivity index (χ1v) is 47.4. The quantitative estimate of drug-likeness (QED) is 0.0473. The van der Waals surface area contributed by atoms with Crippen LogP contribution in [-0.2, 0) is 45.2 Å². The molecule has 18 aromatic rings. The number of aromatic carboxylic acids is 3. The van der Waals surface area contributed by atoms with E-state index in [9.17, 15) is 57.4 Å². The van der Waals surface area contributed by atoms with Crippen molar-refractivity contribution in [3.8, 4) is 62.3 Å². The molecule has 0 atom stereocenters. The maximum atomic E-state index is 13.1. The van der Waals surface area contributed by atoms with Crippen molar-refractivity contribution in [2.24, 2.45) is 0 Å². The Labute approximate surface area is 828 Å². The fourth-order valence-corrected chi connectivity index (χ4v) is 18.8. The Balaban J connectivity index is 0.000000140. The Morgan fingerprint density at radius 2 is 0.700 bits per heavy atom. The van der Waals surface area contributed by atoms with Crippen LogP contribution in [0.2, 0.25) is 15.1 Å². The van der Waals surface area contributed by atoms with Crippen LogP contribution >= 0.6 is 91.5 Å². The number of carbonyl (C=O) groups is 5. The zero-order valence-corrected chi connectivity index (χ0v) is 80.4. The van der Waals surface area contributed by atoms with Gasteiger partial charge in [-0.05, 0) is 171 Å². The summed E-state index contributed by atoms with van der Waals surface area (Å²) in [5.74, 6) is 1.15. The maximum absolute atomic E-state index is 13.1. The summed E-state index contributed by atoms with van der Waals surface area (Å²) in [6.45, 7) is 24.0. The number of halogens is 4. The van der Waals surface area contributed by atoms with Gasteiger partial charge >= 0.3 is 29.8 Å². The third-order valence-corrected chi connectivity index (χ3v) is 26.2. The Morgan fingerprint density at radius 3 is 1.10 bits per heavy atom. The highest BCUT2D eigenvalue weighted by Crippen LogP contribution is 2.33. The molecule has 0 saturated heterocycles. The number of furan rings is 5. The minimum Gasteiger partial charge on any atom is -0.478 e. The minimum absolute atomic E-state index is 0.0234. The maximum Gasteiger partial charge on any atom is 0.337 e. The number of ether oxygens (including phenoxy) is 2. The largest absolute Gasteiger partial charge is 0.478 e. The topological polar surface area (TPSA) is 340 Å². The highest BCUT2D eigenvalue weighted by Gasteiger charge is 2.19. The molecule has 0 aliphatic carbocycles. The molecule has 706 valence electrons. The predicted octanol–water partition coefficient (Wildman–Crippen LogP) is 15.5. The van der Waals surface area contributed by atoms with E-state index in [1.165, 1.54) is 119 Å². The van der Waals surface area contributed by atoms with Gasteiger partial charge in [0, 0.05) is 63.2 Å². The molecule has 0 radical (unpaired) electrons. The number of para-hydroxylation sites is 1. The van der Waals surface area contributed by atoms with E-state index in [0.29, 0.717) is 126 Å². The number of rotatable bonds is 24. The summed E-state index contributed by atoms with van der Waals surface area (Å²) in [7, 11) is 0. The van der Waals surface area contributed by atoms with Crippen LogP contribution in [0.1, 0.15) is 84.8 Å². The summed E-state index contributed by atoms with van der Waals surface area (Å²) in [5.41, 5.74) is 5.67. The van der Waals surface area contributed by atoms with Crippen LogP contribution in [0.15, 0.2) is 307 Å². The zero-order valence-electron chi connectivity index (χ0n) is 74.1. The molecule has 25 nitrogen and oxygen atoms in total. The summed E-state index contributed by atoms with van der Waals surface area (Å²) in [5, 5.41) is 28.3. The number of carboxylic acids is 3. The van der Waals surface area contributed by atoms with Crippen molar-refractivity contribution in [3.05, 3.63) is 436 Å². The smallest absolute Gasteiger partial charge is 0.337 e. The molecule has 10 aromatic heterocycles. The first kappa shape index (κ1) is 100. The van der Waals surface area contributed by atoms with E-state index in [1.54, 1.807) is 169 Å². The van der Waals surface area contributed by atoms with Gasteiger partial charge in [-0.2, -0.15) is 0 Å². The average molecular weight is 2030 g/mol. The third-order valence-electron chi connectivity index (χ3n) is 20.5. The molecular formula is C106H79Cl3FN5O20S5. The van der Waals surface area contributed by atoms with E-state index in [4.69, 9.17) is 76.6 Å². The van der Waals surface area contributed by atoms with Gasteiger partial charge in [-0.1, -0.05) is 183 Å². The molecule has 34 heteroatoms. The molecule has 0 amide bonds. The fraction of sp³-hybridized carbons (Fsp3) is 0.0755. The van der Waals surface area contributed by atoms with Crippen LogP contribution in [-0.4, -0.2) is 81.2 Å². The Hall–Kier alpha value is -15.8. The minimum atomic E-state index is -1.13. The van der Waals surface area contributed by atoms with Crippen molar-refractivity contribution in [3.63, 3.8) is 0 Å². The normalized spacial score (nSPS) is 11.7. The van der Waals surface area contributed by atoms with Gasteiger partial charge in [-0.25, -0.2) is 18.8 Å². The van der Waals surface area contributed by atoms with Gasteiger partial charge in [0.05, 0.1) is 105 Å². The van der Waals surface area contributed by atoms with Crippen molar-refractivity contribution in [1.29, 1.82) is 0 Å². The van der Waals surface area contributed by atoms with Gasteiger partial charge in [-0.15, -0.1) is 56.7 Å². The summed E-state index contributed by atoms with van der Waals surface area (Å²) in [4.78, 5) is 120. The van der Waals surface area contributed by atoms with E-state index < -0.39 is 29.8 Å². The van der Waals surface area contributed by atoms with Crippen LogP contribution < -0.4 is 73.8 Å². The number of aromatic nitrogens is 5. The lowest BCUT2D eigenvalue weighted by molar-refractivity contribution is -0.144. The van der Waals surface area contributed by atoms with Crippen molar-refractivity contribution in [2.75, 3.05) is 13.2 Å². The fourth-order valence-electron chi connectivity index (χ4n) is 13.7. The van der Waals surface area contributed by atoms with E-state index in [-0.39, 0.29) is 88.2 Å². The van der Waals surface area contributed by atoms with E-state index in [2.05, 4.69) is 32.9 Å². The SMILES string of the molecule is C=c1s/c(=C\c2ccc(-c3ccc(C(=O)O)cc3)o2)c(=O)n1-c1ccccc1.C=c1s/c(=C\c2ccc(-c3ccc(C(=O)O)cc3)o2)c(=O)n1Cc1ccccc1.C=c1s/c(=C\c2ccc(-c3ccc(Cl)c(C(=O)O)c3)o2)c(=O)n1Cc1ccc(F)cc1.C=c1s/c(=C\c2ccc(-c3ccc(Cl)cc3Cl)o2)c(=O)n1CC(=O)OCC.C=c1s/c(=C\c2ccc(-c3ccccc3)o2)c(=O)n1CC(=O)OCC. The molecule has 0 saturated carbocycles. The van der Waals surface area contributed by atoms with Crippen LogP contribution in [0.5, 0.6) is 0 Å². The number of hydrogen-bond donors (Lipinski definition) is 3. The van der Waals surface area contributed by atoms with Crippen LogP contribution in [0.4, 0.5) is 4.39 Å². The summed E-state index contributed by atoms with van der Waals surface area (Å²) in [6.07, 6.45) is 8.28. The average Bonchev–Trinajstić information content (AvgIpc) is 1.66. The number of thiazole rings is 5. The Morgan fingerprint density at radius 1 is 0.357 bits per heavy atom. The van der Waals surface area contributed by atoms with Crippen LogP contribution in [0, 0.1) is 5.82 Å². The second-order valence-corrected chi connectivity index (χ2v) is 36.9. The highest BCUT2D eigenvalue weighted by atomic mass is 35.5. The van der Waals surface area contributed by atoms with Gasteiger partial charge < -0.3 is 46.9 Å². The molecule has 0 fully saturated rings. The molecule has 8 aromatic carbocycles. The molecule has 140 heavy (non-hydrogen) atoms. The Kier molecular flexibility index (Phi) is 32.8. The standard InChI is InChI=1S/C23H15ClFNO4S.C23H17NO4S.C22H15NO4S.C19H15Cl2NO4S.C19H17NO4S/c1-13-26(12-14-2-5-16(25)6-3-14)22(27)21(31-13)11-17-7-9-20(30-17)15-4-8-19(24)18(10-15)23(28)29;1-15-24(14-16-5-3-2-4-6-16)22(25)21(29-15)13-19-11-12-20(28-19)17-7-9-18(10-8-17)23(26)27;1-14-23(17-5-3-2-4-6-17)21(24)20(28-14)13-18-11-12-19(27-18)15-7-9-16(10-8-15)22(25)26;1-3-25-18(23)10-22-11(2)27-17(19(22)24)9-13-5-7-16(26-13)14-6-4-12(20)8-15(14)21;1-3-23-18(21)12-20-13(2)25-17(19(20)22)11-15-9-10-16(24-15)14-7-5-4-6-8-14/h2-11H,1,12H2,(H,28,29);2-13H,1,14H2,(H,26,27);2-13H,1H2,(H,25,26);4-9H,2-3,10H2,1H3;4-11H,2-3,12H2,1H3/b21-11-;21-13-;20-13-;17-9-;17-11-. The molecule has 0 aliphatic rings. The molecule has 0 bridgehead atoms. The highest BCUT2D eigenvalue weighted by molar-refractivity contribution is 7.08. The van der Waals surface area contributed by atoms with E-state index in [0.717, 1.165) is 39.3 Å². The van der Waals surface area contributed by atoms with Crippen molar-refractivity contribution in [1.82, 2.24) is 22.8 Å². The van der Waals surface area contributed by atoms with E-state index >= 15 is 0 Å². The number of nitrogens with zero attached hydrogens (tertiary/aromatic N) is 5. The second-order valence-electron chi connectivity index (χ2n) is 30.1. The van der Waals surface area contributed by atoms with Gasteiger partial charge in [0.1, 0.15) is 76.5 Å². The monoisotopic (exact) mass is 2030 g/mol.